The lowest BCUT2D eigenvalue weighted by molar-refractivity contribution is -0.139. The molecule has 1 saturated carbocycles. The Labute approximate surface area is 105 Å². The van der Waals surface area contributed by atoms with Gasteiger partial charge in [-0.3, -0.25) is 4.79 Å². The van der Waals surface area contributed by atoms with Crippen LogP contribution in [0.3, 0.4) is 0 Å². The zero-order chi connectivity index (χ0) is 11.8. The second-order valence-electron chi connectivity index (χ2n) is 4.86. The summed E-state index contributed by atoms with van der Waals surface area (Å²) in [7, 11) is 1.41. The fourth-order valence-corrected chi connectivity index (χ4v) is 3.79. The molecule has 3 rings (SSSR count). The SMILES string of the molecule is COC(=O)Cc1csc(N2CC3CCC2C3)n1. The molecule has 0 radical (unpaired) electrons. The van der Waals surface area contributed by atoms with E-state index in [-0.39, 0.29) is 12.4 Å². The Morgan fingerprint density at radius 2 is 2.53 bits per heavy atom. The topological polar surface area (TPSA) is 42.4 Å². The number of hydrogen-bond acceptors (Lipinski definition) is 5. The van der Waals surface area contributed by atoms with Gasteiger partial charge in [0.2, 0.25) is 0 Å². The minimum Gasteiger partial charge on any atom is -0.469 e. The normalized spacial score (nSPS) is 26.5. The molecule has 4 nitrogen and oxygen atoms in total. The molecular weight excluding hydrogens is 236 g/mol. The summed E-state index contributed by atoms with van der Waals surface area (Å²) in [5.74, 6) is 0.651. The van der Waals surface area contributed by atoms with E-state index in [2.05, 4.69) is 14.6 Å². The summed E-state index contributed by atoms with van der Waals surface area (Å²) in [4.78, 5) is 18.1. The average molecular weight is 252 g/mol. The first-order valence-electron chi connectivity index (χ1n) is 6.04. The summed E-state index contributed by atoms with van der Waals surface area (Å²) in [6, 6.07) is 0.692. The number of carbonyl (C=O) groups excluding carboxylic acids is 1. The molecule has 92 valence electrons. The number of rotatable bonds is 3. The van der Waals surface area contributed by atoms with Crippen molar-refractivity contribution in [2.24, 2.45) is 5.92 Å². The van der Waals surface area contributed by atoms with E-state index in [1.807, 2.05) is 5.38 Å². The molecule has 1 aromatic heterocycles. The van der Waals surface area contributed by atoms with Crippen LogP contribution in [0.15, 0.2) is 5.38 Å². The lowest BCUT2D eigenvalue weighted by atomic mass is 10.1. The number of anilines is 1. The second-order valence-corrected chi connectivity index (χ2v) is 5.70. The number of esters is 1. The molecule has 2 bridgehead atoms. The van der Waals surface area contributed by atoms with Crippen molar-refractivity contribution in [1.29, 1.82) is 0 Å². The number of thiazole rings is 1. The van der Waals surface area contributed by atoms with Crippen LogP contribution in [-0.4, -0.2) is 30.6 Å². The van der Waals surface area contributed by atoms with Crippen LogP contribution in [0, 0.1) is 5.92 Å². The Balaban J connectivity index is 1.70. The van der Waals surface area contributed by atoms with Crippen molar-refractivity contribution in [3.05, 3.63) is 11.1 Å². The maximum Gasteiger partial charge on any atom is 0.311 e. The van der Waals surface area contributed by atoms with E-state index in [1.165, 1.54) is 26.4 Å². The molecule has 1 aliphatic heterocycles. The highest BCUT2D eigenvalue weighted by Gasteiger charge is 2.38. The van der Waals surface area contributed by atoms with Crippen LogP contribution < -0.4 is 4.90 Å². The van der Waals surface area contributed by atoms with Gasteiger partial charge in [0.1, 0.15) is 0 Å². The van der Waals surface area contributed by atoms with Crippen LogP contribution in [0.4, 0.5) is 5.13 Å². The van der Waals surface area contributed by atoms with Gasteiger partial charge in [-0.15, -0.1) is 11.3 Å². The summed E-state index contributed by atoms with van der Waals surface area (Å²) in [5.41, 5.74) is 0.833. The van der Waals surface area contributed by atoms with Crippen molar-refractivity contribution >= 4 is 22.4 Å². The second kappa shape index (κ2) is 4.29. The van der Waals surface area contributed by atoms with Gasteiger partial charge in [0.25, 0.3) is 0 Å². The Morgan fingerprint density at radius 1 is 1.65 bits per heavy atom. The quantitative estimate of drug-likeness (QED) is 0.770. The molecule has 5 heteroatoms. The Kier molecular flexibility index (Phi) is 2.78. The monoisotopic (exact) mass is 252 g/mol. The molecule has 2 aliphatic rings. The third-order valence-corrected chi connectivity index (χ3v) is 4.67. The van der Waals surface area contributed by atoms with E-state index in [9.17, 15) is 4.79 Å². The average Bonchev–Trinajstić information content (AvgIpc) is 3.03. The zero-order valence-corrected chi connectivity index (χ0v) is 10.7. The number of methoxy groups -OCH3 is 1. The third-order valence-electron chi connectivity index (χ3n) is 3.75. The van der Waals surface area contributed by atoms with Crippen LogP contribution in [-0.2, 0) is 16.0 Å². The van der Waals surface area contributed by atoms with Gasteiger partial charge in [0, 0.05) is 18.0 Å². The van der Waals surface area contributed by atoms with Crippen LogP contribution in [0.2, 0.25) is 0 Å². The van der Waals surface area contributed by atoms with Gasteiger partial charge < -0.3 is 9.64 Å². The van der Waals surface area contributed by atoms with E-state index in [0.717, 1.165) is 23.3 Å². The number of hydrogen-bond donors (Lipinski definition) is 0. The minimum atomic E-state index is -0.218. The number of aromatic nitrogens is 1. The van der Waals surface area contributed by atoms with E-state index in [0.29, 0.717) is 6.04 Å². The standard InChI is InChI=1S/C12H16N2O2S/c1-16-11(15)5-9-7-17-12(13-9)14-6-8-2-3-10(14)4-8/h7-8,10H,2-6H2,1H3. The third kappa shape index (κ3) is 2.04. The molecule has 2 atom stereocenters. The largest absolute Gasteiger partial charge is 0.469 e. The molecule has 1 aromatic rings. The molecule has 1 saturated heterocycles. The van der Waals surface area contributed by atoms with Gasteiger partial charge in [0.05, 0.1) is 19.2 Å². The minimum absolute atomic E-state index is 0.218. The van der Waals surface area contributed by atoms with Gasteiger partial charge in [-0.1, -0.05) is 0 Å². The Hall–Kier alpha value is -1.10. The lowest BCUT2D eigenvalue weighted by Crippen LogP contribution is -2.31. The van der Waals surface area contributed by atoms with E-state index < -0.39 is 0 Å². The first-order chi connectivity index (χ1) is 8.26. The van der Waals surface area contributed by atoms with Crippen molar-refractivity contribution in [3.8, 4) is 0 Å². The Morgan fingerprint density at radius 3 is 3.18 bits per heavy atom. The van der Waals surface area contributed by atoms with Gasteiger partial charge in [-0.05, 0) is 25.2 Å². The first kappa shape index (κ1) is 11.0. The van der Waals surface area contributed by atoms with E-state index in [4.69, 9.17) is 0 Å². The van der Waals surface area contributed by atoms with Crippen LogP contribution in [0.1, 0.15) is 25.0 Å². The number of ether oxygens (including phenoxy) is 1. The van der Waals surface area contributed by atoms with Crippen molar-refractivity contribution in [2.45, 2.75) is 31.7 Å². The molecule has 2 fully saturated rings. The fourth-order valence-electron chi connectivity index (χ4n) is 2.89. The first-order valence-corrected chi connectivity index (χ1v) is 6.92. The van der Waals surface area contributed by atoms with Crippen LogP contribution >= 0.6 is 11.3 Å². The highest BCUT2D eigenvalue weighted by atomic mass is 32.1. The Bertz CT molecular complexity index is 432. The van der Waals surface area contributed by atoms with Crippen molar-refractivity contribution < 1.29 is 9.53 Å². The number of carbonyl (C=O) groups is 1. The fraction of sp³-hybridized carbons (Fsp3) is 0.667. The lowest BCUT2D eigenvalue weighted by Gasteiger charge is -2.26. The molecule has 0 aromatic carbocycles. The summed E-state index contributed by atoms with van der Waals surface area (Å²) in [6.07, 6.45) is 4.29. The van der Waals surface area contributed by atoms with Crippen LogP contribution in [0.25, 0.3) is 0 Å². The van der Waals surface area contributed by atoms with Crippen molar-refractivity contribution in [3.63, 3.8) is 0 Å². The molecule has 17 heavy (non-hydrogen) atoms. The highest BCUT2D eigenvalue weighted by Crippen LogP contribution is 2.41. The molecule has 1 aliphatic carbocycles. The molecule has 2 heterocycles. The van der Waals surface area contributed by atoms with Crippen molar-refractivity contribution in [1.82, 2.24) is 4.98 Å². The van der Waals surface area contributed by atoms with Gasteiger partial charge >= 0.3 is 5.97 Å². The molecule has 0 amide bonds. The predicted molar refractivity (Wildman–Crippen MR) is 66.3 cm³/mol. The maximum absolute atomic E-state index is 11.2. The molecule has 2 unspecified atom stereocenters. The van der Waals surface area contributed by atoms with Gasteiger partial charge in [0.15, 0.2) is 5.13 Å². The van der Waals surface area contributed by atoms with Crippen LogP contribution in [0.5, 0.6) is 0 Å². The van der Waals surface area contributed by atoms with Gasteiger partial charge in [-0.25, -0.2) is 4.98 Å². The van der Waals surface area contributed by atoms with Gasteiger partial charge in [-0.2, -0.15) is 0 Å². The smallest absolute Gasteiger partial charge is 0.311 e. The summed E-state index contributed by atoms with van der Waals surface area (Å²) in [6.45, 7) is 1.15. The number of fused-ring (bicyclic) bond motifs is 2. The number of piperidine rings is 1. The molecule has 0 N–H and O–H groups in total. The summed E-state index contributed by atoms with van der Waals surface area (Å²) >= 11 is 1.65. The van der Waals surface area contributed by atoms with E-state index >= 15 is 0 Å². The predicted octanol–water partition coefficient (Wildman–Crippen LogP) is 1.85. The summed E-state index contributed by atoms with van der Waals surface area (Å²) < 4.78 is 4.65. The maximum atomic E-state index is 11.2. The molecule has 0 spiro atoms. The van der Waals surface area contributed by atoms with E-state index in [1.54, 1.807) is 11.3 Å². The zero-order valence-electron chi connectivity index (χ0n) is 9.89. The molecular formula is C12H16N2O2S. The highest BCUT2D eigenvalue weighted by molar-refractivity contribution is 7.13. The van der Waals surface area contributed by atoms with Crippen molar-refractivity contribution in [2.75, 3.05) is 18.6 Å². The number of nitrogens with zero attached hydrogens (tertiary/aromatic N) is 2. The summed E-state index contributed by atoms with van der Waals surface area (Å²) in [5, 5.41) is 3.05.